The topological polar surface area (TPSA) is 42.2 Å². The zero-order valence-corrected chi connectivity index (χ0v) is 27.3. The van der Waals surface area contributed by atoms with Gasteiger partial charge in [0.25, 0.3) is 0 Å². The normalized spacial score (nSPS) is 13.2. The number of aromatic nitrogens is 2. The molecule has 10 aromatic rings. The molecule has 3 heterocycles. The van der Waals surface area contributed by atoms with Gasteiger partial charge in [-0.3, -0.25) is 0 Å². The van der Waals surface area contributed by atoms with E-state index in [1.165, 1.54) is 16.3 Å². The molecule has 11 rings (SSSR count). The molecule has 0 saturated heterocycles. The molecule has 0 spiro atoms. The van der Waals surface area contributed by atoms with Crippen LogP contribution < -0.4 is 15.7 Å². The first kappa shape index (κ1) is 26.2. The summed E-state index contributed by atoms with van der Waals surface area (Å²) < 4.78 is 24.0. The van der Waals surface area contributed by atoms with Gasteiger partial charge in [-0.05, 0) is 39.3 Å². The first-order valence-corrected chi connectivity index (χ1v) is 17.2. The Hall–Kier alpha value is -6.72. The Kier molecular flexibility index (Phi) is 5.59. The van der Waals surface area contributed by atoms with Gasteiger partial charge in [0.15, 0.2) is 0 Å². The van der Waals surface area contributed by atoms with Gasteiger partial charge in [-0.1, -0.05) is 163 Å². The summed E-state index contributed by atoms with van der Waals surface area (Å²) in [7, 11) is 0. The third kappa shape index (κ3) is 4.09. The molecule has 0 saturated carbocycles. The summed E-state index contributed by atoms with van der Waals surface area (Å²) in [6, 6.07) is 54.2. The zero-order valence-electron chi connectivity index (χ0n) is 29.3. The Morgan fingerprint density at radius 3 is 2.16 bits per heavy atom. The molecule has 0 bridgehead atoms. The van der Waals surface area contributed by atoms with Crippen molar-refractivity contribution in [3.63, 3.8) is 0 Å². The van der Waals surface area contributed by atoms with E-state index in [0.29, 0.717) is 17.2 Å². The van der Waals surface area contributed by atoms with E-state index >= 15 is 0 Å². The van der Waals surface area contributed by atoms with Crippen molar-refractivity contribution in [2.75, 3.05) is 4.81 Å². The van der Waals surface area contributed by atoms with E-state index in [4.69, 9.17) is 17.1 Å². The molecule has 1 aliphatic rings. The molecule has 0 unspecified atom stereocenters. The Bertz CT molecular complexity index is 3130. The molecule has 2 aromatic heterocycles. The van der Waals surface area contributed by atoms with Crippen molar-refractivity contribution >= 4 is 83.8 Å². The van der Waals surface area contributed by atoms with Gasteiger partial charge >= 0.3 is 6.85 Å². The summed E-state index contributed by atoms with van der Waals surface area (Å²) in [6.07, 6.45) is 0. The van der Waals surface area contributed by atoms with E-state index in [1.54, 1.807) is 12.1 Å². The second-order valence-electron chi connectivity index (χ2n) is 13.1. The average Bonchev–Trinajstić information content (AvgIpc) is 3.60. The summed E-state index contributed by atoms with van der Waals surface area (Å²) in [5, 5.41) is 7.35. The number of para-hydroxylation sites is 2. The second kappa shape index (κ2) is 10.9. The predicted molar refractivity (Wildman–Crippen MR) is 213 cm³/mol. The minimum absolute atomic E-state index is 0.247. The Morgan fingerprint density at radius 1 is 0.569 bits per heavy atom. The molecule has 5 heteroatoms. The van der Waals surface area contributed by atoms with Crippen LogP contribution in [0.15, 0.2) is 174 Å². The Morgan fingerprint density at radius 2 is 1.29 bits per heavy atom. The van der Waals surface area contributed by atoms with Crippen molar-refractivity contribution in [1.29, 1.82) is 0 Å². The maximum atomic E-state index is 8.97. The number of nitrogens with zero attached hydrogens (tertiary/aromatic N) is 3. The van der Waals surface area contributed by atoms with E-state index in [9.17, 15) is 0 Å². The van der Waals surface area contributed by atoms with E-state index in [0.717, 1.165) is 65.8 Å². The minimum Gasteiger partial charge on any atom is -0.455 e. The minimum atomic E-state index is -0.318. The van der Waals surface area contributed by atoms with Crippen molar-refractivity contribution in [3.8, 4) is 22.4 Å². The first-order valence-electron chi connectivity index (χ1n) is 18.2. The fraction of sp³-hybridized carbons (Fsp3) is 0. The summed E-state index contributed by atoms with van der Waals surface area (Å²) in [5.41, 5.74) is 9.24. The summed E-state index contributed by atoms with van der Waals surface area (Å²) in [5.74, 6) is 0.517. The summed E-state index contributed by atoms with van der Waals surface area (Å²) in [6.45, 7) is -0.318. The van der Waals surface area contributed by atoms with Gasteiger partial charge in [0.2, 0.25) is 5.95 Å². The molecule has 0 fully saturated rings. The van der Waals surface area contributed by atoms with Crippen LogP contribution in [-0.4, -0.2) is 16.8 Å². The lowest BCUT2D eigenvalue weighted by atomic mass is 9.45. The van der Waals surface area contributed by atoms with E-state index in [-0.39, 0.29) is 18.9 Å². The summed E-state index contributed by atoms with van der Waals surface area (Å²) in [4.78, 5) is 13.1. The fourth-order valence-corrected chi connectivity index (χ4v) is 8.23. The highest BCUT2D eigenvalue weighted by Crippen LogP contribution is 2.52. The monoisotopic (exact) mass is 651 g/mol. The zero-order chi connectivity index (χ0) is 35.2. The van der Waals surface area contributed by atoms with Crippen LogP contribution in [0.5, 0.6) is 0 Å². The molecule has 0 aliphatic carbocycles. The highest BCUT2D eigenvalue weighted by Gasteiger charge is 2.42. The molecule has 4 nitrogen and oxygen atoms in total. The van der Waals surface area contributed by atoms with E-state index < -0.39 is 0 Å². The lowest BCUT2D eigenvalue weighted by Gasteiger charge is -2.39. The number of rotatable bonds is 3. The molecule has 236 valence electrons. The van der Waals surface area contributed by atoms with Crippen LogP contribution >= 0.6 is 0 Å². The van der Waals surface area contributed by atoms with Crippen LogP contribution in [0.1, 0.15) is 2.74 Å². The third-order valence-corrected chi connectivity index (χ3v) is 10.3. The largest absolute Gasteiger partial charge is 0.455 e. The maximum absolute atomic E-state index is 8.97. The lowest BCUT2D eigenvalue weighted by molar-refractivity contribution is 0.672. The molecule has 0 atom stereocenters. The van der Waals surface area contributed by atoms with Gasteiger partial charge in [0.05, 0.1) is 25.0 Å². The number of hydrogen-bond donors (Lipinski definition) is 0. The maximum Gasteiger partial charge on any atom is 0.332 e. The SMILES string of the molecule is [2H]c1ccc(-c2nc(N3B(c4ccccc4)c4ccc5ccccc5c4-c4c3c3c5ccccc5oc3c3ccccc43)nc3ccccc23)c([2H])c1. The highest BCUT2D eigenvalue weighted by molar-refractivity contribution is 6.91. The molecular formula is C46H28BN3O. The van der Waals surface area contributed by atoms with Crippen LogP contribution in [-0.2, 0) is 0 Å². The lowest BCUT2D eigenvalue weighted by Crippen LogP contribution is -2.58. The Balaban J connectivity index is 1.37. The van der Waals surface area contributed by atoms with Crippen LogP contribution in [0.25, 0.3) is 76.8 Å². The van der Waals surface area contributed by atoms with Crippen LogP contribution in [0.2, 0.25) is 0 Å². The van der Waals surface area contributed by atoms with Crippen LogP contribution in [0.4, 0.5) is 11.6 Å². The van der Waals surface area contributed by atoms with Crippen molar-refractivity contribution in [3.05, 3.63) is 170 Å². The van der Waals surface area contributed by atoms with Crippen molar-refractivity contribution in [2.24, 2.45) is 0 Å². The number of furan rings is 1. The molecular weight excluding hydrogens is 621 g/mol. The molecule has 1 aliphatic heterocycles. The molecule has 0 radical (unpaired) electrons. The first-order chi connectivity index (χ1) is 26.1. The van der Waals surface area contributed by atoms with Gasteiger partial charge in [-0.15, -0.1) is 0 Å². The summed E-state index contributed by atoms with van der Waals surface area (Å²) >= 11 is 0. The molecule has 0 N–H and O–H groups in total. The number of anilines is 2. The predicted octanol–water partition coefficient (Wildman–Crippen LogP) is 10.4. The van der Waals surface area contributed by atoms with Gasteiger partial charge in [0.1, 0.15) is 11.2 Å². The Labute approximate surface area is 297 Å². The molecule has 51 heavy (non-hydrogen) atoms. The second-order valence-corrected chi connectivity index (χ2v) is 13.1. The van der Waals surface area contributed by atoms with E-state index in [2.05, 4.69) is 108 Å². The smallest absolute Gasteiger partial charge is 0.332 e. The van der Waals surface area contributed by atoms with Crippen molar-refractivity contribution < 1.29 is 7.16 Å². The number of fused-ring (bicyclic) bond motifs is 13. The van der Waals surface area contributed by atoms with Crippen molar-refractivity contribution in [2.45, 2.75) is 0 Å². The van der Waals surface area contributed by atoms with Gasteiger partial charge in [-0.2, -0.15) is 0 Å². The van der Waals surface area contributed by atoms with Gasteiger partial charge in [0, 0.05) is 27.3 Å². The standard InChI is InChI=1S/C46H28BN3O/c1-3-16-30(17-4-1)43-35-23-11-13-25-38(35)48-46(49-43)50-44-41(33-21-9-10-22-34(33)45-42(44)36-24-12-14-26-39(36)51-45)40-32-20-8-7-15-29(32)27-28-37(40)47(50)31-18-5-2-6-19-31/h1-28H/i1D,16D. The fourth-order valence-electron chi connectivity index (χ4n) is 8.23. The average molecular weight is 652 g/mol. The van der Waals surface area contributed by atoms with Crippen molar-refractivity contribution in [1.82, 2.24) is 9.97 Å². The quantitative estimate of drug-likeness (QED) is 0.178. The highest BCUT2D eigenvalue weighted by atomic mass is 16.3. The van der Waals surface area contributed by atoms with Crippen LogP contribution in [0, 0.1) is 0 Å². The van der Waals surface area contributed by atoms with Gasteiger partial charge in [-0.25, -0.2) is 9.97 Å². The molecule has 8 aromatic carbocycles. The van der Waals surface area contributed by atoms with Crippen LogP contribution in [0.3, 0.4) is 0 Å². The van der Waals surface area contributed by atoms with E-state index in [1.807, 2.05) is 42.5 Å². The van der Waals surface area contributed by atoms with Gasteiger partial charge < -0.3 is 9.23 Å². The number of hydrogen-bond acceptors (Lipinski definition) is 4. The number of benzene rings is 8. The third-order valence-electron chi connectivity index (χ3n) is 10.3. The molecule has 0 amide bonds.